The zero-order chi connectivity index (χ0) is 22.2. The van der Waals surface area contributed by atoms with Crippen molar-refractivity contribution < 1.29 is 9.90 Å². The van der Waals surface area contributed by atoms with Gasteiger partial charge in [0, 0.05) is 19.4 Å². The van der Waals surface area contributed by atoms with E-state index in [4.69, 9.17) is 0 Å². The maximum absolute atomic E-state index is 12.8. The van der Waals surface area contributed by atoms with Gasteiger partial charge in [0.2, 0.25) is 0 Å². The standard InChI is InChI=1S/C23H27BrN4O3/c1-15(16-6-4-3-5-7-16)12-18(29)17-8-10-23(31,11-9-17)13-28-14-25-19-20(22(28)30)26-27(2)21(19)24/h3-7,14-15,17,31H,8-13H2,1-2H3/t15-,17?,23?/m1/s1. The SMILES string of the molecule is C[C@H](CC(=O)C1CCC(O)(Cn2cnc3c(Br)n(C)nc3c2=O)CC1)c1ccccc1. The molecule has 0 unspecified atom stereocenters. The lowest BCUT2D eigenvalue weighted by Crippen LogP contribution is -2.42. The number of nitrogens with zero attached hydrogens (tertiary/aromatic N) is 4. The number of fused-ring (bicyclic) bond motifs is 1. The third kappa shape index (κ3) is 4.50. The summed E-state index contributed by atoms with van der Waals surface area (Å²) in [4.78, 5) is 30.0. The molecule has 1 fully saturated rings. The molecule has 1 aliphatic rings. The number of carbonyl (C=O) groups excluding carboxylic acids is 1. The van der Waals surface area contributed by atoms with Crippen molar-refractivity contribution in [1.82, 2.24) is 19.3 Å². The zero-order valence-electron chi connectivity index (χ0n) is 17.8. The number of carbonyl (C=O) groups is 1. The van der Waals surface area contributed by atoms with E-state index in [9.17, 15) is 14.7 Å². The number of ketones is 1. The van der Waals surface area contributed by atoms with Crippen LogP contribution in [0.1, 0.15) is 50.5 Å². The fourth-order valence-electron chi connectivity index (χ4n) is 4.50. The van der Waals surface area contributed by atoms with Gasteiger partial charge in [-0.15, -0.1) is 0 Å². The van der Waals surface area contributed by atoms with E-state index < -0.39 is 5.60 Å². The van der Waals surface area contributed by atoms with Crippen molar-refractivity contribution >= 4 is 32.7 Å². The Balaban J connectivity index is 1.40. The molecule has 8 heteroatoms. The topological polar surface area (TPSA) is 90.0 Å². The Labute approximate surface area is 189 Å². The molecule has 2 heterocycles. The summed E-state index contributed by atoms with van der Waals surface area (Å²) < 4.78 is 3.64. The number of halogens is 1. The second-order valence-electron chi connectivity index (χ2n) is 8.77. The normalized spacial score (nSPS) is 22.5. The van der Waals surface area contributed by atoms with Crippen molar-refractivity contribution in [2.75, 3.05) is 0 Å². The van der Waals surface area contributed by atoms with Crippen molar-refractivity contribution in [3.63, 3.8) is 0 Å². The molecule has 0 aliphatic heterocycles. The van der Waals surface area contributed by atoms with Gasteiger partial charge < -0.3 is 5.11 Å². The number of hydrogen-bond donors (Lipinski definition) is 1. The van der Waals surface area contributed by atoms with E-state index in [2.05, 4.69) is 45.1 Å². The van der Waals surface area contributed by atoms with Gasteiger partial charge in [-0.05, 0) is 53.1 Å². The highest BCUT2D eigenvalue weighted by Gasteiger charge is 2.36. The number of Topliss-reactive ketones (excluding diaryl/α,β-unsaturated/α-hetero) is 1. The highest BCUT2D eigenvalue weighted by atomic mass is 79.9. The van der Waals surface area contributed by atoms with Gasteiger partial charge >= 0.3 is 0 Å². The highest BCUT2D eigenvalue weighted by molar-refractivity contribution is 9.10. The average Bonchev–Trinajstić information content (AvgIpc) is 3.05. The molecule has 1 N–H and O–H groups in total. The van der Waals surface area contributed by atoms with E-state index in [1.165, 1.54) is 16.5 Å². The van der Waals surface area contributed by atoms with Gasteiger partial charge in [0.15, 0.2) is 5.52 Å². The molecule has 3 aromatic rings. The van der Waals surface area contributed by atoms with Crippen LogP contribution in [0.4, 0.5) is 0 Å². The number of aliphatic hydroxyl groups is 1. The lowest BCUT2D eigenvalue weighted by Gasteiger charge is -2.36. The van der Waals surface area contributed by atoms with E-state index >= 15 is 0 Å². The largest absolute Gasteiger partial charge is 0.388 e. The minimum atomic E-state index is -1.02. The molecular formula is C23H27BrN4O3. The van der Waals surface area contributed by atoms with Crippen LogP contribution in [0, 0.1) is 5.92 Å². The van der Waals surface area contributed by atoms with Crippen LogP contribution in [0.3, 0.4) is 0 Å². The monoisotopic (exact) mass is 486 g/mol. The van der Waals surface area contributed by atoms with Crippen LogP contribution < -0.4 is 5.56 Å². The summed E-state index contributed by atoms with van der Waals surface area (Å²) in [6.45, 7) is 2.24. The first-order valence-electron chi connectivity index (χ1n) is 10.6. The molecule has 2 aromatic heterocycles. The molecule has 0 spiro atoms. The number of rotatable bonds is 6. The van der Waals surface area contributed by atoms with Crippen LogP contribution in [0.5, 0.6) is 0 Å². The Hall–Kier alpha value is -2.32. The fourth-order valence-corrected chi connectivity index (χ4v) is 4.87. The Morgan fingerprint density at radius 1 is 1.26 bits per heavy atom. The molecule has 1 aliphatic carbocycles. The van der Waals surface area contributed by atoms with Crippen molar-refractivity contribution in [2.24, 2.45) is 13.0 Å². The third-order valence-corrected chi connectivity index (χ3v) is 7.34. The van der Waals surface area contributed by atoms with Crippen LogP contribution in [0.15, 0.2) is 46.1 Å². The molecule has 0 amide bonds. The minimum absolute atomic E-state index is 0.0319. The maximum atomic E-state index is 12.8. The van der Waals surface area contributed by atoms with Crippen LogP contribution >= 0.6 is 15.9 Å². The van der Waals surface area contributed by atoms with Gasteiger partial charge in [0.1, 0.15) is 15.9 Å². The molecule has 4 rings (SSSR count). The summed E-state index contributed by atoms with van der Waals surface area (Å²) >= 11 is 3.38. The predicted octanol–water partition coefficient (Wildman–Crippen LogP) is 3.58. The Kier molecular flexibility index (Phi) is 6.12. The second kappa shape index (κ2) is 8.67. The average molecular weight is 487 g/mol. The van der Waals surface area contributed by atoms with Crippen LogP contribution in [0.2, 0.25) is 0 Å². The van der Waals surface area contributed by atoms with Gasteiger partial charge in [0.05, 0.1) is 18.5 Å². The number of benzene rings is 1. The quantitative estimate of drug-likeness (QED) is 0.574. The molecule has 1 atom stereocenters. The molecular weight excluding hydrogens is 460 g/mol. The van der Waals surface area contributed by atoms with Crippen LogP contribution in [-0.4, -0.2) is 35.8 Å². The molecule has 164 valence electrons. The summed E-state index contributed by atoms with van der Waals surface area (Å²) in [6, 6.07) is 10.1. The van der Waals surface area contributed by atoms with Gasteiger partial charge in [-0.3, -0.25) is 18.8 Å². The van der Waals surface area contributed by atoms with Crippen molar-refractivity contribution in [2.45, 2.75) is 57.1 Å². The predicted molar refractivity (Wildman–Crippen MR) is 122 cm³/mol. The van der Waals surface area contributed by atoms with E-state index in [0.29, 0.717) is 42.2 Å². The van der Waals surface area contributed by atoms with E-state index in [0.717, 1.165) is 0 Å². The van der Waals surface area contributed by atoms with Crippen molar-refractivity contribution in [3.8, 4) is 0 Å². The number of hydrogen-bond acceptors (Lipinski definition) is 5. The number of aromatic nitrogens is 4. The van der Waals surface area contributed by atoms with Crippen LogP contribution in [-0.2, 0) is 18.4 Å². The maximum Gasteiger partial charge on any atom is 0.281 e. The van der Waals surface area contributed by atoms with E-state index in [1.807, 2.05) is 18.2 Å². The lowest BCUT2D eigenvalue weighted by atomic mass is 9.75. The first-order valence-corrected chi connectivity index (χ1v) is 11.4. The van der Waals surface area contributed by atoms with Crippen molar-refractivity contribution in [1.29, 1.82) is 0 Å². The Morgan fingerprint density at radius 3 is 2.61 bits per heavy atom. The molecule has 0 bridgehead atoms. The summed E-state index contributed by atoms with van der Waals surface area (Å²) in [7, 11) is 1.74. The van der Waals surface area contributed by atoms with Gasteiger partial charge in [-0.2, -0.15) is 5.10 Å². The van der Waals surface area contributed by atoms with Gasteiger partial charge in [0.25, 0.3) is 5.56 Å². The highest BCUT2D eigenvalue weighted by Crippen LogP contribution is 2.35. The molecule has 1 aromatic carbocycles. The lowest BCUT2D eigenvalue weighted by molar-refractivity contribution is -0.126. The van der Waals surface area contributed by atoms with Crippen molar-refractivity contribution in [3.05, 3.63) is 57.2 Å². The minimum Gasteiger partial charge on any atom is -0.388 e. The first kappa shape index (κ1) is 21.9. The molecule has 31 heavy (non-hydrogen) atoms. The summed E-state index contributed by atoms with van der Waals surface area (Å²) in [5, 5.41) is 15.3. The fraction of sp³-hybridized carbons (Fsp3) is 0.478. The summed E-state index contributed by atoms with van der Waals surface area (Å²) in [5.41, 5.74) is 0.672. The smallest absolute Gasteiger partial charge is 0.281 e. The first-order chi connectivity index (χ1) is 14.8. The molecule has 1 saturated carbocycles. The zero-order valence-corrected chi connectivity index (χ0v) is 19.4. The summed E-state index contributed by atoms with van der Waals surface area (Å²) in [5.74, 6) is 0.413. The van der Waals surface area contributed by atoms with E-state index in [1.54, 1.807) is 11.7 Å². The molecule has 0 radical (unpaired) electrons. The molecule has 7 nitrogen and oxygen atoms in total. The van der Waals surface area contributed by atoms with Gasteiger partial charge in [-0.1, -0.05) is 37.3 Å². The second-order valence-corrected chi connectivity index (χ2v) is 9.52. The Bertz CT molecular complexity index is 1150. The van der Waals surface area contributed by atoms with Crippen LogP contribution in [0.25, 0.3) is 11.0 Å². The number of aryl methyl sites for hydroxylation is 1. The Morgan fingerprint density at radius 2 is 1.94 bits per heavy atom. The molecule has 0 saturated heterocycles. The summed E-state index contributed by atoms with van der Waals surface area (Å²) in [6.07, 6.45) is 4.22. The van der Waals surface area contributed by atoms with E-state index in [-0.39, 0.29) is 35.2 Å². The van der Waals surface area contributed by atoms with Gasteiger partial charge in [-0.25, -0.2) is 4.98 Å². The third-order valence-electron chi connectivity index (χ3n) is 6.46.